The average Bonchev–Trinajstić information content (AvgIpc) is 3.61. The van der Waals surface area contributed by atoms with Gasteiger partial charge in [0.2, 0.25) is 5.82 Å². The van der Waals surface area contributed by atoms with Gasteiger partial charge in [0.15, 0.2) is 0 Å². The van der Waals surface area contributed by atoms with E-state index in [1.54, 1.807) is 4.90 Å². The number of aromatic nitrogens is 2. The van der Waals surface area contributed by atoms with E-state index in [-0.39, 0.29) is 17.1 Å². The topological polar surface area (TPSA) is 52.6 Å². The maximum absolute atomic E-state index is 13.6. The molecule has 3 fully saturated rings. The summed E-state index contributed by atoms with van der Waals surface area (Å²) in [5.41, 5.74) is -1.73. The molecule has 2 aromatic rings. The molecule has 0 N–H and O–H groups in total. The molecule has 0 radical (unpaired) electrons. The van der Waals surface area contributed by atoms with Crippen LogP contribution in [0.1, 0.15) is 49.9 Å². The number of urea groups is 1. The zero-order chi connectivity index (χ0) is 24.1. The van der Waals surface area contributed by atoms with Crippen molar-refractivity contribution in [3.63, 3.8) is 0 Å². The molecular weight excluding hydrogens is 455 g/mol. The molecule has 34 heavy (non-hydrogen) atoms. The summed E-state index contributed by atoms with van der Waals surface area (Å²) >= 11 is 0. The standard InChI is InChI=1S/C25H32F2N5OP/c1-30(2)24(19-6-4-3-5-7-19)12-10-23(11-13-24)17-31(22(33)32(23)16-18-8-9-18)20-14-28-21(29-15-20)25(26,27)34/h3-7,14-15,18H,8-13,16-17,34H2,1-2H3/t23-,24+. The molecule has 1 unspecified atom stereocenters. The minimum Gasteiger partial charge on any atom is -0.317 e. The molecule has 9 heteroatoms. The van der Waals surface area contributed by atoms with E-state index in [4.69, 9.17) is 0 Å². The molecule has 1 atom stereocenters. The number of hydrogen-bond acceptors (Lipinski definition) is 4. The fraction of sp³-hybridized carbons (Fsp3) is 0.560. The number of anilines is 1. The number of carbonyl (C=O) groups excluding carboxylic acids is 1. The maximum atomic E-state index is 13.6. The summed E-state index contributed by atoms with van der Waals surface area (Å²) in [6.07, 6.45) is 8.68. The highest BCUT2D eigenvalue weighted by atomic mass is 31.0. The predicted octanol–water partition coefficient (Wildman–Crippen LogP) is 4.82. The van der Waals surface area contributed by atoms with E-state index in [0.29, 0.717) is 18.2 Å². The smallest absolute Gasteiger partial charge is 0.317 e. The van der Waals surface area contributed by atoms with Crippen molar-refractivity contribution in [2.75, 3.05) is 32.1 Å². The third-order valence-corrected chi connectivity index (χ3v) is 8.31. The number of benzene rings is 1. The van der Waals surface area contributed by atoms with Crippen LogP contribution in [0.4, 0.5) is 19.3 Å². The fourth-order valence-electron chi connectivity index (χ4n) is 5.76. The number of halogens is 2. The number of alkyl halides is 2. The molecule has 0 bridgehead atoms. The summed E-state index contributed by atoms with van der Waals surface area (Å²) in [5.74, 6) is -0.00129. The van der Waals surface area contributed by atoms with Gasteiger partial charge >= 0.3 is 11.7 Å². The van der Waals surface area contributed by atoms with Crippen LogP contribution in [-0.2, 0) is 11.2 Å². The first kappa shape index (κ1) is 23.6. The van der Waals surface area contributed by atoms with Crippen LogP contribution in [-0.4, -0.2) is 58.5 Å². The van der Waals surface area contributed by atoms with Crippen LogP contribution in [0.15, 0.2) is 42.7 Å². The van der Waals surface area contributed by atoms with Crippen LogP contribution in [0.5, 0.6) is 0 Å². The van der Waals surface area contributed by atoms with Crippen molar-refractivity contribution in [3.05, 3.63) is 54.1 Å². The molecule has 2 heterocycles. The van der Waals surface area contributed by atoms with E-state index in [2.05, 4.69) is 58.1 Å². The summed E-state index contributed by atoms with van der Waals surface area (Å²) in [6, 6.07) is 10.6. The van der Waals surface area contributed by atoms with E-state index >= 15 is 0 Å². The van der Waals surface area contributed by atoms with Crippen LogP contribution in [0.2, 0.25) is 0 Å². The Morgan fingerprint density at radius 2 is 1.71 bits per heavy atom. The largest absolute Gasteiger partial charge is 0.325 e. The lowest BCUT2D eigenvalue weighted by Crippen LogP contribution is -2.55. The molecule has 1 aromatic heterocycles. The van der Waals surface area contributed by atoms with Gasteiger partial charge in [-0.05, 0) is 64.1 Å². The van der Waals surface area contributed by atoms with Gasteiger partial charge in [-0.15, -0.1) is 0 Å². The molecule has 2 saturated carbocycles. The second-order valence-electron chi connectivity index (χ2n) is 10.3. The maximum Gasteiger partial charge on any atom is 0.325 e. The molecule has 5 rings (SSSR count). The Hall–Kier alpha value is -2.18. The van der Waals surface area contributed by atoms with E-state index in [0.717, 1.165) is 45.1 Å². The first-order valence-corrected chi connectivity index (χ1v) is 12.5. The highest BCUT2D eigenvalue weighted by molar-refractivity contribution is 7.17. The van der Waals surface area contributed by atoms with E-state index in [1.165, 1.54) is 27.2 Å². The lowest BCUT2D eigenvalue weighted by atomic mass is 9.68. The molecule has 3 aliphatic rings. The van der Waals surface area contributed by atoms with Crippen LogP contribution in [0.25, 0.3) is 0 Å². The van der Waals surface area contributed by atoms with Crippen molar-refractivity contribution >= 4 is 21.0 Å². The van der Waals surface area contributed by atoms with Gasteiger partial charge in [0.1, 0.15) is 0 Å². The lowest BCUT2D eigenvalue weighted by Gasteiger charge is -2.51. The summed E-state index contributed by atoms with van der Waals surface area (Å²) in [7, 11) is 5.73. The van der Waals surface area contributed by atoms with Gasteiger partial charge < -0.3 is 4.90 Å². The van der Waals surface area contributed by atoms with Gasteiger partial charge in [-0.2, -0.15) is 8.78 Å². The quantitative estimate of drug-likeness (QED) is 0.548. The van der Waals surface area contributed by atoms with Crippen molar-refractivity contribution in [2.24, 2.45) is 5.92 Å². The molecule has 1 saturated heterocycles. The third-order valence-electron chi connectivity index (χ3n) is 8.05. The normalized spacial score (nSPS) is 27.8. The van der Waals surface area contributed by atoms with Gasteiger partial charge in [-0.25, -0.2) is 14.8 Å². The third kappa shape index (κ3) is 4.09. The van der Waals surface area contributed by atoms with Crippen LogP contribution < -0.4 is 4.90 Å². The van der Waals surface area contributed by atoms with E-state index in [1.807, 2.05) is 6.07 Å². The average molecular weight is 488 g/mol. The monoisotopic (exact) mass is 487 g/mol. The van der Waals surface area contributed by atoms with Crippen LogP contribution in [0.3, 0.4) is 0 Å². The molecule has 2 amide bonds. The van der Waals surface area contributed by atoms with Gasteiger partial charge in [0.25, 0.3) is 0 Å². The molecule has 2 aliphatic carbocycles. The minimum absolute atomic E-state index is 0.0575. The van der Waals surface area contributed by atoms with Crippen molar-refractivity contribution < 1.29 is 13.6 Å². The van der Waals surface area contributed by atoms with Crippen molar-refractivity contribution in [3.8, 4) is 0 Å². The van der Waals surface area contributed by atoms with Gasteiger partial charge in [-0.3, -0.25) is 9.80 Å². The first-order valence-electron chi connectivity index (χ1n) is 12.0. The van der Waals surface area contributed by atoms with E-state index in [9.17, 15) is 13.6 Å². The fourth-order valence-corrected chi connectivity index (χ4v) is 5.91. The Labute approximate surface area is 201 Å². The van der Waals surface area contributed by atoms with Crippen LogP contribution in [0, 0.1) is 5.92 Å². The second-order valence-corrected chi connectivity index (χ2v) is 11.1. The Bertz CT molecular complexity index is 1030. The molecular formula is C25H32F2N5OP. The molecule has 1 spiro atoms. The van der Waals surface area contributed by atoms with Crippen LogP contribution >= 0.6 is 9.24 Å². The summed E-state index contributed by atoms with van der Waals surface area (Å²) < 4.78 is 27.1. The summed E-state index contributed by atoms with van der Waals surface area (Å²) in [6.45, 7) is 1.30. The Kier molecular flexibility index (Phi) is 5.88. The Balaban J connectivity index is 1.43. The summed E-state index contributed by atoms with van der Waals surface area (Å²) in [4.78, 5) is 27.4. The predicted molar refractivity (Wildman–Crippen MR) is 131 cm³/mol. The zero-order valence-electron chi connectivity index (χ0n) is 19.8. The molecule has 1 aliphatic heterocycles. The molecule has 6 nitrogen and oxygen atoms in total. The van der Waals surface area contributed by atoms with Gasteiger partial charge in [-0.1, -0.05) is 39.6 Å². The highest BCUT2D eigenvalue weighted by Gasteiger charge is 2.55. The van der Waals surface area contributed by atoms with Gasteiger partial charge in [0, 0.05) is 12.1 Å². The molecule has 182 valence electrons. The number of hydrogen-bond donors (Lipinski definition) is 0. The van der Waals surface area contributed by atoms with Gasteiger partial charge in [0.05, 0.1) is 30.2 Å². The van der Waals surface area contributed by atoms with Crippen molar-refractivity contribution in [1.82, 2.24) is 19.8 Å². The second kappa shape index (κ2) is 8.49. The minimum atomic E-state index is -3.19. The lowest BCUT2D eigenvalue weighted by molar-refractivity contribution is 0.0249. The zero-order valence-corrected chi connectivity index (χ0v) is 20.9. The summed E-state index contributed by atoms with van der Waals surface area (Å²) in [5, 5.41) is 0. The SMILES string of the molecule is CN(C)[C@]1(c2ccccc2)CC[C@]2(CC1)CN(c1cnc(C(F)(F)P)nc1)C(=O)N2CC1CC1. The Morgan fingerprint density at radius 1 is 1.09 bits per heavy atom. The Morgan fingerprint density at radius 3 is 2.24 bits per heavy atom. The first-order chi connectivity index (χ1) is 16.1. The number of nitrogens with zero attached hydrogens (tertiary/aromatic N) is 5. The number of rotatable bonds is 6. The van der Waals surface area contributed by atoms with Crippen molar-refractivity contribution in [2.45, 2.75) is 55.3 Å². The molecule has 1 aromatic carbocycles. The number of amides is 2. The highest BCUT2D eigenvalue weighted by Crippen LogP contribution is 2.50. The number of carbonyl (C=O) groups is 1. The van der Waals surface area contributed by atoms with E-state index < -0.39 is 11.5 Å². The van der Waals surface area contributed by atoms with Crippen molar-refractivity contribution in [1.29, 1.82) is 0 Å².